The summed E-state index contributed by atoms with van der Waals surface area (Å²) in [5.41, 5.74) is 3.11. The Morgan fingerprint density at radius 2 is 1.94 bits per heavy atom. The lowest BCUT2D eigenvalue weighted by Gasteiger charge is -2.15. The van der Waals surface area contributed by atoms with Gasteiger partial charge in [-0.3, -0.25) is 11.3 Å². The smallest absolute Gasteiger partial charge is 0.126 e. The summed E-state index contributed by atoms with van der Waals surface area (Å²) in [5, 5.41) is 0. The van der Waals surface area contributed by atoms with E-state index in [-0.39, 0.29) is 6.04 Å². The number of benzene rings is 1. The summed E-state index contributed by atoms with van der Waals surface area (Å²) < 4.78 is 31.0. The van der Waals surface area contributed by atoms with Crippen LogP contribution in [0.15, 0.2) is 18.2 Å². The van der Waals surface area contributed by atoms with Crippen LogP contribution in [0.2, 0.25) is 0 Å². The summed E-state index contributed by atoms with van der Waals surface area (Å²) in [6.07, 6.45) is 0.422. The second-order valence-electron chi connectivity index (χ2n) is 3.50. The van der Waals surface area contributed by atoms with Crippen LogP contribution in [0.25, 0.3) is 0 Å². The average molecular weight is 230 g/mol. The highest BCUT2D eigenvalue weighted by molar-refractivity contribution is 5.18. The van der Waals surface area contributed by atoms with Crippen molar-refractivity contribution in [2.45, 2.75) is 19.4 Å². The number of hydrogen-bond acceptors (Lipinski definition) is 3. The molecule has 1 aromatic carbocycles. The molecular formula is C11H16F2N2O. The maximum absolute atomic E-state index is 12.9. The van der Waals surface area contributed by atoms with Gasteiger partial charge in [0.2, 0.25) is 0 Å². The Bertz CT molecular complexity index is 314. The average Bonchev–Trinajstić information content (AvgIpc) is 2.22. The number of nitrogens with one attached hydrogen (secondary N) is 1. The van der Waals surface area contributed by atoms with Gasteiger partial charge in [0.15, 0.2) is 0 Å². The van der Waals surface area contributed by atoms with Crippen molar-refractivity contribution in [3.63, 3.8) is 0 Å². The van der Waals surface area contributed by atoms with E-state index in [1.807, 2.05) is 6.92 Å². The first-order valence-electron chi connectivity index (χ1n) is 5.14. The molecule has 0 aliphatic heterocycles. The fraction of sp³-hybridized carbons (Fsp3) is 0.455. The Morgan fingerprint density at radius 1 is 1.31 bits per heavy atom. The van der Waals surface area contributed by atoms with Gasteiger partial charge in [-0.15, -0.1) is 0 Å². The molecule has 0 bridgehead atoms. The van der Waals surface area contributed by atoms with Crippen LogP contribution >= 0.6 is 0 Å². The number of hydrogen-bond donors (Lipinski definition) is 2. The molecule has 1 unspecified atom stereocenters. The zero-order valence-electron chi connectivity index (χ0n) is 9.17. The highest BCUT2D eigenvalue weighted by Crippen LogP contribution is 2.10. The Balaban J connectivity index is 2.62. The minimum Gasteiger partial charge on any atom is -0.380 e. The van der Waals surface area contributed by atoms with Crippen LogP contribution in [0.3, 0.4) is 0 Å². The molecule has 0 radical (unpaired) electrons. The standard InChI is InChI=1S/C11H16F2N2O/c1-2-16-7-11(15-14)5-8-3-9(12)6-10(13)4-8/h3-4,6,11,15H,2,5,7,14H2,1H3. The molecule has 1 aromatic rings. The maximum Gasteiger partial charge on any atom is 0.126 e. The van der Waals surface area contributed by atoms with Crippen molar-refractivity contribution in [1.29, 1.82) is 0 Å². The predicted octanol–water partition coefficient (Wildman–Crippen LogP) is 1.38. The molecule has 3 nitrogen and oxygen atoms in total. The van der Waals surface area contributed by atoms with Crippen molar-refractivity contribution in [3.8, 4) is 0 Å². The first-order valence-corrected chi connectivity index (χ1v) is 5.14. The first-order chi connectivity index (χ1) is 7.65. The van der Waals surface area contributed by atoms with Gasteiger partial charge in [-0.25, -0.2) is 8.78 Å². The highest BCUT2D eigenvalue weighted by atomic mass is 19.1. The van der Waals surface area contributed by atoms with Gasteiger partial charge < -0.3 is 4.74 Å². The van der Waals surface area contributed by atoms with Crippen LogP contribution in [0.5, 0.6) is 0 Å². The molecule has 16 heavy (non-hydrogen) atoms. The fourth-order valence-corrected chi connectivity index (χ4v) is 1.44. The molecule has 1 rings (SSSR count). The SMILES string of the molecule is CCOCC(Cc1cc(F)cc(F)c1)NN. The van der Waals surface area contributed by atoms with Gasteiger partial charge >= 0.3 is 0 Å². The third-order valence-electron chi connectivity index (χ3n) is 2.16. The van der Waals surface area contributed by atoms with E-state index < -0.39 is 11.6 Å². The number of rotatable bonds is 6. The van der Waals surface area contributed by atoms with Crippen LogP contribution < -0.4 is 11.3 Å². The molecule has 90 valence electrons. The first kappa shape index (κ1) is 13.0. The fourth-order valence-electron chi connectivity index (χ4n) is 1.44. The lowest BCUT2D eigenvalue weighted by Crippen LogP contribution is -2.40. The molecule has 0 heterocycles. The minimum atomic E-state index is -0.581. The molecule has 0 saturated carbocycles. The number of ether oxygens (including phenoxy) is 1. The van der Waals surface area contributed by atoms with Gasteiger partial charge in [-0.05, 0) is 31.0 Å². The van der Waals surface area contributed by atoms with E-state index in [0.29, 0.717) is 25.2 Å². The largest absolute Gasteiger partial charge is 0.380 e. The van der Waals surface area contributed by atoms with E-state index >= 15 is 0 Å². The summed E-state index contributed by atoms with van der Waals surface area (Å²) in [7, 11) is 0. The van der Waals surface area contributed by atoms with Gasteiger partial charge in [0, 0.05) is 18.7 Å². The molecular weight excluding hydrogens is 214 g/mol. The van der Waals surface area contributed by atoms with Crippen LogP contribution in [0.4, 0.5) is 8.78 Å². The second kappa shape index (κ2) is 6.52. The molecule has 1 atom stereocenters. The van der Waals surface area contributed by atoms with Crippen LogP contribution in [0, 0.1) is 11.6 Å². The normalized spacial score (nSPS) is 12.8. The van der Waals surface area contributed by atoms with E-state index in [2.05, 4.69) is 5.43 Å². The summed E-state index contributed by atoms with van der Waals surface area (Å²) in [6, 6.07) is 3.27. The van der Waals surface area contributed by atoms with Gasteiger partial charge in [0.05, 0.1) is 6.61 Å². The Morgan fingerprint density at radius 3 is 2.44 bits per heavy atom. The predicted molar refractivity (Wildman–Crippen MR) is 57.7 cm³/mol. The van der Waals surface area contributed by atoms with Gasteiger partial charge in [0.25, 0.3) is 0 Å². The van der Waals surface area contributed by atoms with Crippen molar-refractivity contribution in [2.75, 3.05) is 13.2 Å². The van der Waals surface area contributed by atoms with Crippen molar-refractivity contribution in [2.24, 2.45) is 5.84 Å². The summed E-state index contributed by atoms with van der Waals surface area (Å²) in [5.74, 6) is 4.16. The topological polar surface area (TPSA) is 47.3 Å². The summed E-state index contributed by atoms with van der Waals surface area (Å²) >= 11 is 0. The van der Waals surface area contributed by atoms with Crippen molar-refractivity contribution < 1.29 is 13.5 Å². The zero-order chi connectivity index (χ0) is 12.0. The molecule has 0 saturated heterocycles. The molecule has 3 N–H and O–H groups in total. The van der Waals surface area contributed by atoms with Crippen LogP contribution in [-0.2, 0) is 11.2 Å². The van der Waals surface area contributed by atoms with E-state index in [4.69, 9.17) is 10.6 Å². The molecule has 0 aromatic heterocycles. The van der Waals surface area contributed by atoms with E-state index in [9.17, 15) is 8.78 Å². The zero-order valence-corrected chi connectivity index (χ0v) is 9.17. The quantitative estimate of drug-likeness (QED) is 0.573. The molecule has 0 amide bonds. The Hall–Kier alpha value is -1.04. The van der Waals surface area contributed by atoms with E-state index in [1.165, 1.54) is 12.1 Å². The highest BCUT2D eigenvalue weighted by Gasteiger charge is 2.09. The molecule has 0 fully saturated rings. The van der Waals surface area contributed by atoms with E-state index in [0.717, 1.165) is 6.07 Å². The Labute approximate surface area is 93.6 Å². The second-order valence-corrected chi connectivity index (χ2v) is 3.50. The number of hydrazine groups is 1. The lowest BCUT2D eigenvalue weighted by atomic mass is 10.1. The summed E-state index contributed by atoms with van der Waals surface area (Å²) in [4.78, 5) is 0. The molecule has 0 aliphatic rings. The number of halogens is 2. The monoisotopic (exact) mass is 230 g/mol. The van der Waals surface area contributed by atoms with Crippen molar-refractivity contribution >= 4 is 0 Å². The third kappa shape index (κ3) is 4.22. The van der Waals surface area contributed by atoms with Crippen molar-refractivity contribution in [3.05, 3.63) is 35.4 Å². The number of nitrogens with two attached hydrogens (primary N) is 1. The lowest BCUT2D eigenvalue weighted by molar-refractivity contribution is 0.122. The van der Waals surface area contributed by atoms with Crippen molar-refractivity contribution in [1.82, 2.24) is 5.43 Å². The van der Waals surface area contributed by atoms with Crippen LogP contribution in [0.1, 0.15) is 12.5 Å². The van der Waals surface area contributed by atoms with E-state index in [1.54, 1.807) is 0 Å². The Kier molecular flexibility index (Phi) is 5.31. The third-order valence-corrected chi connectivity index (χ3v) is 2.16. The molecule has 0 aliphatic carbocycles. The minimum absolute atomic E-state index is 0.152. The maximum atomic E-state index is 12.9. The summed E-state index contributed by atoms with van der Waals surface area (Å²) in [6.45, 7) is 2.86. The molecule has 5 heteroatoms. The van der Waals surface area contributed by atoms with Crippen LogP contribution in [-0.4, -0.2) is 19.3 Å². The molecule has 0 spiro atoms. The van der Waals surface area contributed by atoms with Gasteiger partial charge in [-0.1, -0.05) is 0 Å². The van der Waals surface area contributed by atoms with Gasteiger partial charge in [-0.2, -0.15) is 0 Å². The van der Waals surface area contributed by atoms with Gasteiger partial charge in [0.1, 0.15) is 11.6 Å².